The van der Waals surface area contributed by atoms with E-state index in [9.17, 15) is 0 Å². The summed E-state index contributed by atoms with van der Waals surface area (Å²) in [4.78, 5) is 17.7. The molecule has 0 N–H and O–H groups in total. The summed E-state index contributed by atoms with van der Waals surface area (Å²) in [7, 11) is 0. The fourth-order valence-electron chi connectivity index (χ4n) is 8.63. The van der Waals surface area contributed by atoms with Crippen LogP contribution in [0.2, 0.25) is 0 Å². The van der Waals surface area contributed by atoms with Crippen LogP contribution in [-0.2, 0) is 0 Å². The molecule has 0 amide bonds. The Balaban J connectivity index is 1.04. The Morgan fingerprint density at radius 3 is 1.79 bits per heavy atom. The average Bonchev–Trinajstić information content (AvgIpc) is 3.90. The molecule has 61 heavy (non-hydrogen) atoms. The highest BCUT2D eigenvalue weighted by atomic mass is 16.3. The highest BCUT2D eigenvalue weighted by Gasteiger charge is 2.22. The Morgan fingerprint density at radius 1 is 0.328 bits per heavy atom. The van der Waals surface area contributed by atoms with Gasteiger partial charge in [0.25, 0.3) is 0 Å². The third-order valence-electron chi connectivity index (χ3n) is 11.5. The van der Waals surface area contributed by atoms with Gasteiger partial charge in [0.15, 0.2) is 17.5 Å². The number of nitrogens with zero attached hydrogens (tertiary/aromatic N) is 4. The van der Waals surface area contributed by atoms with E-state index in [0.29, 0.717) is 17.5 Å². The lowest BCUT2D eigenvalue weighted by molar-refractivity contribution is 0.668. The predicted molar refractivity (Wildman–Crippen MR) is 248 cm³/mol. The largest absolute Gasteiger partial charge is 0.456 e. The van der Waals surface area contributed by atoms with Crippen molar-refractivity contribution in [1.82, 2.24) is 15.0 Å². The van der Waals surface area contributed by atoms with E-state index in [0.717, 1.165) is 99.5 Å². The van der Waals surface area contributed by atoms with Gasteiger partial charge in [-0.25, -0.2) is 15.0 Å². The van der Waals surface area contributed by atoms with Crippen molar-refractivity contribution in [3.05, 3.63) is 206 Å². The van der Waals surface area contributed by atoms with E-state index < -0.39 is 0 Å². The van der Waals surface area contributed by atoms with Crippen molar-refractivity contribution in [2.24, 2.45) is 0 Å². The Bertz CT molecular complexity index is 3610. The number of anilines is 3. The number of rotatable bonds is 7. The second-order valence-electron chi connectivity index (χ2n) is 15.2. The molecule has 0 bridgehead atoms. The molecule has 0 unspecified atom stereocenters. The van der Waals surface area contributed by atoms with E-state index in [2.05, 4.69) is 150 Å². The maximum atomic E-state index is 6.76. The molecule has 0 aliphatic carbocycles. The van der Waals surface area contributed by atoms with E-state index in [1.807, 2.05) is 60.7 Å². The van der Waals surface area contributed by atoms with Gasteiger partial charge in [-0.2, -0.15) is 0 Å². The van der Waals surface area contributed by atoms with E-state index in [1.165, 1.54) is 0 Å². The zero-order valence-electron chi connectivity index (χ0n) is 32.7. The van der Waals surface area contributed by atoms with Crippen molar-refractivity contribution >= 4 is 71.7 Å². The number of para-hydroxylation sites is 1. The molecule has 286 valence electrons. The second-order valence-corrected chi connectivity index (χ2v) is 15.2. The minimum absolute atomic E-state index is 0.573. The SMILES string of the molecule is c1ccc(-c2cccc(-c3nc(-c4ccccc4)nc(-c4cccc5oc6cc(N(c7ccc8oc9ccccc9c8c7)c7cccc8ccccc78)ccc6c45)n3)c2)cc1. The molecule has 0 aliphatic rings. The molecule has 0 saturated heterocycles. The number of aromatic nitrogens is 3. The van der Waals surface area contributed by atoms with Gasteiger partial charge >= 0.3 is 0 Å². The minimum atomic E-state index is 0.573. The van der Waals surface area contributed by atoms with Crippen molar-refractivity contribution in [2.45, 2.75) is 0 Å². The van der Waals surface area contributed by atoms with E-state index >= 15 is 0 Å². The van der Waals surface area contributed by atoms with Crippen LogP contribution < -0.4 is 4.90 Å². The van der Waals surface area contributed by atoms with Crippen LogP contribution in [0, 0.1) is 0 Å². The van der Waals surface area contributed by atoms with Gasteiger partial charge in [-0.15, -0.1) is 0 Å². The lowest BCUT2D eigenvalue weighted by atomic mass is 10.0. The van der Waals surface area contributed by atoms with E-state index in [4.69, 9.17) is 23.8 Å². The number of furan rings is 2. The van der Waals surface area contributed by atoms with Crippen LogP contribution in [-0.4, -0.2) is 15.0 Å². The summed E-state index contributed by atoms with van der Waals surface area (Å²) >= 11 is 0. The highest BCUT2D eigenvalue weighted by Crippen LogP contribution is 2.44. The fourth-order valence-corrected chi connectivity index (χ4v) is 8.63. The molecule has 9 aromatic carbocycles. The predicted octanol–water partition coefficient (Wildman–Crippen LogP) is 15.0. The molecule has 6 nitrogen and oxygen atoms in total. The van der Waals surface area contributed by atoms with Crippen LogP contribution in [0.3, 0.4) is 0 Å². The van der Waals surface area contributed by atoms with Gasteiger partial charge in [-0.3, -0.25) is 0 Å². The maximum absolute atomic E-state index is 6.76. The topological polar surface area (TPSA) is 68.2 Å². The minimum Gasteiger partial charge on any atom is -0.456 e. The van der Waals surface area contributed by atoms with Crippen LogP contribution in [0.15, 0.2) is 215 Å². The number of benzene rings is 9. The van der Waals surface area contributed by atoms with Gasteiger partial charge in [-0.1, -0.05) is 146 Å². The molecule has 3 aromatic heterocycles. The zero-order chi connectivity index (χ0) is 40.3. The van der Waals surface area contributed by atoms with Crippen molar-refractivity contribution in [3.8, 4) is 45.3 Å². The molecule has 12 rings (SSSR count). The van der Waals surface area contributed by atoms with Crippen LogP contribution in [0.1, 0.15) is 0 Å². The Morgan fingerprint density at radius 2 is 0.918 bits per heavy atom. The van der Waals surface area contributed by atoms with Crippen LogP contribution in [0.25, 0.3) is 99.9 Å². The zero-order valence-corrected chi connectivity index (χ0v) is 32.7. The van der Waals surface area contributed by atoms with E-state index in [-0.39, 0.29) is 0 Å². The summed E-state index contributed by atoms with van der Waals surface area (Å²) in [5, 5.41) is 6.36. The summed E-state index contributed by atoms with van der Waals surface area (Å²) in [5.41, 5.74) is 11.2. The standard InChI is InChI=1S/C55H34N4O2/c1-3-14-35(15-4-1)38-20-11-21-39(32-38)54-56-53(37-17-5-2-6-18-37)57-55(58-54)45-24-13-27-50-52(45)44-30-28-41(34-51(44)61-50)59(47-25-12-19-36-16-7-8-22-42(36)47)40-29-31-49-46(33-40)43-23-9-10-26-48(43)60-49/h1-34H. The lowest BCUT2D eigenvalue weighted by Crippen LogP contribution is -2.10. The van der Waals surface area contributed by atoms with Crippen molar-refractivity contribution in [1.29, 1.82) is 0 Å². The first kappa shape index (κ1) is 34.7. The highest BCUT2D eigenvalue weighted by molar-refractivity contribution is 6.13. The van der Waals surface area contributed by atoms with Crippen LogP contribution in [0.5, 0.6) is 0 Å². The van der Waals surface area contributed by atoms with Gasteiger partial charge in [-0.05, 0) is 71.1 Å². The molecule has 3 heterocycles. The summed E-state index contributed by atoms with van der Waals surface area (Å²) in [5.74, 6) is 1.78. The van der Waals surface area contributed by atoms with Gasteiger partial charge in [0.1, 0.15) is 22.3 Å². The summed E-state index contributed by atoms with van der Waals surface area (Å²) < 4.78 is 13.0. The Hall–Kier alpha value is -8.35. The van der Waals surface area contributed by atoms with Crippen molar-refractivity contribution in [2.75, 3.05) is 4.90 Å². The van der Waals surface area contributed by atoms with Crippen molar-refractivity contribution in [3.63, 3.8) is 0 Å². The van der Waals surface area contributed by atoms with Gasteiger partial charge in [0.05, 0.1) is 5.69 Å². The van der Waals surface area contributed by atoms with Gasteiger partial charge < -0.3 is 13.7 Å². The van der Waals surface area contributed by atoms with Crippen LogP contribution >= 0.6 is 0 Å². The first-order valence-electron chi connectivity index (χ1n) is 20.3. The molecule has 0 radical (unpaired) electrons. The maximum Gasteiger partial charge on any atom is 0.164 e. The normalized spacial score (nSPS) is 11.6. The smallest absolute Gasteiger partial charge is 0.164 e. The first-order valence-corrected chi connectivity index (χ1v) is 20.3. The van der Waals surface area contributed by atoms with E-state index in [1.54, 1.807) is 0 Å². The fraction of sp³-hybridized carbons (Fsp3) is 0. The molecule has 6 heteroatoms. The quantitative estimate of drug-likeness (QED) is 0.160. The van der Waals surface area contributed by atoms with Gasteiger partial charge in [0.2, 0.25) is 0 Å². The Kier molecular flexibility index (Phi) is 8.06. The van der Waals surface area contributed by atoms with Crippen LogP contribution in [0.4, 0.5) is 17.1 Å². The summed E-state index contributed by atoms with van der Waals surface area (Å²) in [6.45, 7) is 0. The number of hydrogen-bond acceptors (Lipinski definition) is 6. The molecular formula is C55H34N4O2. The molecule has 0 fully saturated rings. The molecule has 0 atom stereocenters. The summed E-state index contributed by atoms with van der Waals surface area (Å²) in [6.07, 6.45) is 0. The third kappa shape index (κ3) is 6.00. The first-order chi connectivity index (χ1) is 30.2. The lowest BCUT2D eigenvalue weighted by Gasteiger charge is -2.27. The molecule has 0 aliphatic heterocycles. The molecule has 0 spiro atoms. The third-order valence-corrected chi connectivity index (χ3v) is 11.5. The monoisotopic (exact) mass is 782 g/mol. The second kappa shape index (κ2) is 14.2. The Labute approximate surface area is 350 Å². The molecule has 0 saturated carbocycles. The van der Waals surface area contributed by atoms with Gasteiger partial charge in [0, 0.05) is 61.1 Å². The average molecular weight is 783 g/mol. The summed E-state index contributed by atoms with van der Waals surface area (Å²) in [6, 6.07) is 71.0. The number of hydrogen-bond donors (Lipinski definition) is 0. The van der Waals surface area contributed by atoms with Crippen molar-refractivity contribution < 1.29 is 8.83 Å². The molecular weight excluding hydrogens is 749 g/mol. The number of fused-ring (bicyclic) bond motifs is 7. The molecule has 12 aromatic rings.